The number of oxime groups is 1. The summed E-state index contributed by atoms with van der Waals surface area (Å²) in [7, 11) is 0. The molecule has 4 nitrogen and oxygen atoms in total. The van der Waals surface area contributed by atoms with Gasteiger partial charge in [-0.1, -0.05) is 25.9 Å². The first-order valence-corrected chi connectivity index (χ1v) is 6.17. The van der Waals surface area contributed by atoms with Crippen LogP contribution < -0.4 is 4.90 Å². The molecule has 0 aliphatic carbocycles. The maximum absolute atomic E-state index is 13.3. The topological polar surface area (TPSA) is 52.9 Å². The van der Waals surface area contributed by atoms with Crippen molar-refractivity contribution in [3.8, 4) is 0 Å². The Morgan fingerprint density at radius 2 is 2.11 bits per heavy atom. The SMILES string of the molecule is CC(C)(C)C(=O)N1CC/C(=N/O)c2cc(F)ccc21. The Balaban J connectivity index is 2.51. The molecule has 0 unspecified atom stereocenters. The van der Waals surface area contributed by atoms with Gasteiger partial charge >= 0.3 is 0 Å². The van der Waals surface area contributed by atoms with Crippen LogP contribution in [0.25, 0.3) is 0 Å². The molecule has 1 aliphatic rings. The normalized spacial score (nSPS) is 17.5. The third kappa shape index (κ3) is 2.45. The molecule has 2 rings (SSSR count). The van der Waals surface area contributed by atoms with E-state index in [2.05, 4.69) is 5.16 Å². The van der Waals surface area contributed by atoms with E-state index in [9.17, 15) is 9.18 Å². The highest BCUT2D eigenvalue weighted by Crippen LogP contribution is 2.31. The molecule has 0 saturated heterocycles. The van der Waals surface area contributed by atoms with Crippen LogP contribution >= 0.6 is 0 Å². The van der Waals surface area contributed by atoms with Crippen molar-refractivity contribution >= 4 is 17.3 Å². The Bertz CT molecular complexity index is 547. The first kappa shape index (κ1) is 13.5. The maximum atomic E-state index is 13.3. The van der Waals surface area contributed by atoms with E-state index in [-0.39, 0.29) is 5.91 Å². The summed E-state index contributed by atoms with van der Waals surface area (Å²) in [4.78, 5) is 14.0. The molecule has 19 heavy (non-hydrogen) atoms. The molecule has 1 aliphatic heterocycles. The molecule has 5 heteroatoms. The largest absolute Gasteiger partial charge is 0.411 e. The Morgan fingerprint density at radius 3 is 2.68 bits per heavy atom. The molecule has 102 valence electrons. The predicted octanol–water partition coefficient (Wildman–Crippen LogP) is 2.79. The molecule has 1 amide bonds. The van der Waals surface area contributed by atoms with Crippen LogP contribution in [0.5, 0.6) is 0 Å². The van der Waals surface area contributed by atoms with E-state index in [1.807, 2.05) is 20.8 Å². The third-order valence-corrected chi connectivity index (χ3v) is 3.14. The van der Waals surface area contributed by atoms with Gasteiger partial charge in [-0.3, -0.25) is 4.79 Å². The third-order valence-electron chi connectivity index (χ3n) is 3.14. The standard InChI is InChI=1S/C14H17FN2O2/c1-14(2,3)13(18)17-7-6-11(16-19)10-8-9(15)4-5-12(10)17/h4-5,8,19H,6-7H2,1-3H3/b16-11-. The summed E-state index contributed by atoms with van der Waals surface area (Å²) >= 11 is 0. The fourth-order valence-electron chi connectivity index (χ4n) is 2.17. The van der Waals surface area contributed by atoms with Gasteiger partial charge in [-0.15, -0.1) is 0 Å². The molecule has 1 aromatic carbocycles. The van der Waals surface area contributed by atoms with Gasteiger partial charge in [0.05, 0.1) is 11.4 Å². The summed E-state index contributed by atoms with van der Waals surface area (Å²) in [5, 5.41) is 12.2. The van der Waals surface area contributed by atoms with E-state index < -0.39 is 11.2 Å². The number of fused-ring (bicyclic) bond motifs is 1. The van der Waals surface area contributed by atoms with Crippen LogP contribution in [0.1, 0.15) is 32.8 Å². The average molecular weight is 264 g/mol. The lowest BCUT2D eigenvalue weighted by Crippen LogP contribution is -2.43. The van der Waals surface area contributed by atoms with Crippen molar-refractivity contribution in [1.82, 2.24) is 0 Å². The Hall–Kier alpha value is -1.91. The molecule has 0 bridgehead atoms. The van der Waals surface area contributed by atoms with Gasteiger partial charge in [0.15, 0.2) is 0 Å². The van der Waals surface area contributed by atoms with E-state index in [1.54, 1.807) is 11.0 Å². The highest BCUT2D eigenvalue weighted by molar-refractivity contribution is 6.11. The van der Waals surface area contributed by atoms with Gasteiger partial charge in [0.2, 0.25) is 5.91 Å². The van der Waals surface area contributed by atoms with Crippen molar-refractivity contribution in [1.29, 1.82) is 0 Å². The second-order valence-electron chi connectivity index (χ2n) is 5.66. The Kier molecular flexibility index (Phi) is 3.30. The van der Waals surface area contributed by atoms with Crippen LogP contribution in [-0.4, -0.2) is 23.4 Å². The minimum Gasteiger partial charge on any atom is -0.411 e. The molecule has 0 radical (unpaired) electrons. The molecule has 1 aromatic rings. The number of anilines is 1. The molecule has 0 saturated carbocycles. The summed E-state index contributed by atoms with van der Waals surface area (Å²) in [6, 6.07) is 4.16. The zero-order valence-electron chi connectivity index (χ0n) is 11.3. The van der Waals surface area contributed by atoms with Gasteiger partial charge in [-0.05, 0) is 18.2 Å². The van der Waals surface area contributed by atoms with E-state index in [1.165, 1.54) is 12.1 Å². The van der Waals surface area contributed by atoms with Crippen molar-refractivity contribution in [3.05, 3.63) is 29.6 Å². The van der Waals surface area contributed by atoms with Crippen LogP contribution in [0.2, 0.25) is 0 Å². The average Bonchev–Trinajstić information content (AvgIpc) is 2.35. The Labute approximate surface area is 111 Å². The van der Waals surface area contributed by atoms with Gasteiger partial charge in [0, 0.05) is 23.9 Å². The van der Waals surface area contributed by atoms with Crippen molar-refractivity contribution in [2.75, 3.05) is 11.4 Å². The molecule has 0 aromatic heterocycles. The lowest BCUT2D eigenvalue weighted by Gasteiger charge is -2.34. The zero-order valence-corrected chi connectivity index (χ0v) is 11.3. The number of carbonyl (C=O) groups excluding carboxylic acids is 1. The monoisotopic (exact) mass is 264 g/mol. The van der Waals surface area contributed by atoms with Crippen molar-refractivity contribution in [2.24, 2.45) is 10.6 Å². The van der Waals surface area contributed by atoms with Crippen molar-refractivity contribution < 1.29 is 14.4 Å². The number of amides is 1. The molecule has 1 N–H and O–H groups in total. The van der Waals surface area contributed by atoms with Crippen LogP contribution in [0.3, 0.4) is 0 Å². The fourth-order valence-corrected chi connectivity index (χ4v) is 2.17. The zero-order chi connectivity index (χ0) is 14.2. The van der Waals surface area contributed by atoms with Crippen LogP contribution in [-0.2, 0) is 4.79 Å². The number of hydrogen-bond donors (Lipinski definition) is 1. The van der Waals surface area contributed by atoms with Crippen LogP contribution in [0.4, 0.5) is 10.1 Å². The molecule has 0 atom stereocenters. The van der Waals surface area contributed by atoms with Crippen LogP contribution in [0.15, 0.2) is 23.4 Å². The highest BCUT2D eigenvalue weighted by Gasteiger charge is 2.33. The Morgan fingerprint density at radius 1 is 1.42 bits per heavy atom. The summed E-state index contributed by atoms with van der Waals surface area (Å²) in [5.41, 5.74) is 0.971. The smallest absolute Gasteiger partial charge is 0.232 e. The van der Waals surface area contributed by atoms with Gasteiger partial charge < -0.3 is 10.1 Å². The lowest BCUT2D eigenvalue weighted by atomic mass is 9.91. The fraction of sp³-hybridized carbons (Fsp3) is 0.429. The molecular weight excluding hydrogens is 247 g/mol. The molecular formula is C14H17FN2O2. The van der Waals surface area contributed by atoms with Crippen molar-refractivity contribution in [3.63, 3.8) is 0 Å². The number of nitrogens with zero attached hydrogens (tertiary/aromatic N) is 2. The molecule has 1 heterocycles. The molecule has 0 fully saturated rings. The quantitative estimate of drug-likeness (QED) is 0.578. The first-order valence-electron chi connectivity index (χ1n) is 6.17. The highest BCUT2D eigenvalue weighted by atomic mass is 19.1. The van der Waals surface area contributed by atoms with E-state index in [4.69, 9.17) is 5.21 Å². The maximum Gasteiger partial charge on any atom is 0.232 e. The number of halogens is 1. The number of hydrogen-bond acceptors (Lipinski definition) is 3. The summed E-state index contributed by atoms with van der Waals surface area (Å²) in [6.45, 7) is 5.96. The van der Waals surface area contributed by atoms with Gasteiger partial charge in [-0.2, -0.15) is 0 Å². The summed E-state index contributed by atoms with van der Waals surface area (Å²) in [5.74, 6) is -0.442. The minimum atomic E-state index is -0.514. The lowest BCUT2D eigenvalue weighted by molar-refractivity contribution is -0.125. The van der Waals surface area contributed by atoms with E-state index in [0.29, 0.717) is 29.9 Å². The van der Waals surface area contributed by atoms with Crippen molar-refractivity contribution in [2.45, 2.75) is 27.2 Å². The van der Waals surface area contributed by atoms with Gasteiger partial charge in [-0.25, -0.2) is 4.39 Å². The number of benzene rings is 1. The van der Waals surface area contributed by atoms with Crippen LogP contribution in [0, 0.1) is 11.2 Å². The summed E-state index contributed by atoms with van der Waals surface area (Å²) in [6.07, 6.45) is 0.411. The number of carbonyl (C=O) groups is 1. The minimum absolute atomic E-state index is 0.0302. The van der Waals surface area contributed by atoms with E-state index in [0.717, 1.165) is 0 Å². The van der Waals surface area contributed by atoms with E-state index >= 15 is 0 Å². The first-order chi connectivity index (χ1) is 8.84. The molecule has 0 spiro atoms. The second-order valence-corrected chi connectivity index (χ2v) is 5.66. The predicted molar refractivity (Wildman–Crippen MR) is 71.1 cm³/mol. The van der Waals surface area contributed by atoms with Gasteiger partial charge in [0.25, 0.3) is 0 Å². The second kappa shape index (κ2) is 4.64. The summed E-state index contributed by atoms with van der Waals surface area (Å²) < 4.78 is 13.3. The van der Waals surface area contributed by atoms with Gasteiger partial charge in [0.1, 0.15) is 5.82 Å². The number of rotatable bonds is 0.